The Morgan fingerprint density at radius 2 is 2.20 bits per heavy atom. The number of carbonyl (C=O) groups excluding carboxylic acids is 1. The van der Waals surface area contributed by atoms with E-state index in [1.54, 1.807) is 30.5 Å². The minimum atomic E-state index is -0.392. The van der Waals surface area contributed by atoms with E-state index in [1.807, 2.05) is 0 Å². The smallest absolute Gasteiger partial charge is 0.221 e. The molecule has 0 aliphatic rings. The number of phenols is 1. The molecule has 0 saturated heterocycles. The number of rotatable bonds is 2. The third-order valence-corrected chi connectivity index (χ3v) is 2.10. The van der Waals surface area contributed by atoms with Crippen molar-refractivity contribution in [2.45, 2.75) is 6.42 Å². The second kappa shape index (κ2) is 3.57. The molecule has 0 aliphatic heterocycles. The number of amides is 1. The number of hydrogen-bond acceptors (Lipinski definition) is 3. The fourth-order valence-corrected chi connectivity index (χ4v) is 1.46. The van der Waals surface area contributed by atoms with Crippen LogP contribution in [0.4, 0.5) is 0 Å². The van der Waals surface area contributed by atoms with Gasteiger partial charge in [0.25, 0.3) is 0 Å². The lowest BCUT2D eigenvalue weighted by Crippen LogP contribution is -2.13. The third kappa shape index (κ3) is 2.04. The molecule has 2 rings (SSSR count). The lowest BCUT2D eigenvalue weighted by atomic mass is 10.1. The molecule has 1 amide bonds. The van der Waals surface area contributed by atoms with E-state index in [9.17, 15) is 9.90 Å². The van der Waals surface area contributed by atoms with E-state index in [4.69, 9.17) is 5.73 Å². The number of aromatic nitrogens is 1. The van der Waals surface area contributed by atoms with Crippen LogP contribution in [0.3, 0.4) is 0 Å². The van der Waals surface area contributed by atoms with Gasteiger partial charge < -0.3 is 10.8 Å². The molecule has 4 heteroatoms. The fraction of sp³-hybridized carbons (Fsp3) is 0.0909. The summed E-state index contributed by atoms with van der Waals surface area (Å²) in [5.41, 5.74) is 6.61. The maximum Gasteiger partial charge on any atom is 0.221 e. The zero-order chi connectivity index (χ0) is 10.8. The van der Waals surface area contributed by atoms with E-state index in [1.165, 1.54) is 0 Å². The van der Waals surface area contributed by atoms with Crippen molar-refractivity contribution in [3.8, 4) is 5.75 Å². The second-order valence-corrected chi connectivity index (χ2v) is 3.36. The largest absolute Gasteiger partial charge is 0.508 e. The molecule has 0 bridgehead atoms. The number of fused-ring (bicyclic) bond motifs is 1. The van der Waals surface area contributed by atoms with Gasteiger partial charge in [-0.05, 0) is 29.8 Å². The molecule has 0 aliphatic carbocycles. The van der Waals surface area contributed by atoms with Gasteiger partial charge in [-0.2, -0.15) is 0 Å². The van der Waals surface area contributed by atoms with Gasteiger partial charge in [-0.25, -0.2) is 0 Å². The number of nitrogens with zero attached hydrogens (tertiary/aromatic N) is 1. The number of carbonyl (C=O) groups is 1. The van der Waals surface area contributed by atoms with E-state index < -0.39 is 5.91 Å². The van der Waals surface area contributed by atoms with Crippen LogP contribution in [0.25, 0.3) is 10.9 Å². The van der Waals surface area contributed by atoms with E-state index in [2.05, 4.69) is 4.98 Å². The van der Waals surface area contributed by atoms with E-state index in [0.29, 0.717) is 0 Å². The van der Waals surface area contributed by atoms with Crippen LogP contribution in [-0.4, -0.2) is 16.0 Å². The molecule has 2 aromatic rings. The van der Waals surface area contributed by atoms with Crippen LogP contribution in [0.5, 0.6) is 5.75 Å². The number of nitrogens with two attached hydrogens (primary N) is 1. The third-order valence-electron chi connectivity index (χ3n) is 2.10. The molecule has 4 nitrogen and oxygen atoms in total. The average molecular weight is 202 g/mol. The van der Waals surface area contributed by atoms with Crippen LogP contribution >= 0.6 is 0 Å². The molecule has 1 aromatic heterocycles. The van der Waals surface area contributed by atoms with Crippen molar-refractivity contribution in [2.75, 3.05) is 0 Å². The van der Waals surface area contributed by atoms with Crippen LogP contribution in [0.15, 0.2) is 30.5 Å². The van der Waals surface area contributed by atoms with Crippen molar-refractivity contribution < 1.29 is 9.90 Å². The molecule has 0 atom stereocenters. The maximum absolute atomic E-state index is 10.7. The minimum absolute atomic E-state index is 0.165. The highest BCUT2D eigenvalue weighted by atomic mass is 16.3. The monoisotopic (exact) mass is 202 g/mol. The van der Waals surface area contributed by atoms with Gasteiger partial charge in [0.05, 0.1) is 11.9 Å². The van der Waals surface area contributed by atoms with Crippen LogP contribution in [-0.2, 0) is 11.2 Å². The van der Waals surface area contributed by atoms with Crippen molar-refractivity contribution in [1.29, 1.82) is 0 Å². The SMILES string of the molecule is NC(=O)Cc1cnc2ccc(O)cc2c1. The average Bonchev–Trinajstić information content (AvgIpc) is 2.16. The maximum atomic E-state index is 10.7. The van der Waals surface area contributed by atoms with Gasteiger partial charge in [0.2, 0.25) is 5.91 Å². The molecule has 0 saturated carbocycles. The summed E-state index contributed by atoms with van der Waals surface area (Å²) >= 11 is 0. The lowest BCUT2D eigenvalue weighted by Gasteiger charge is -2.01. The van der Waals surface area contributed by atoms with Crippen LogP contribution in [0.2, 0.25) is 0 Å². The van der Waals surface area contributed by atoms with Gasteiger partial charge in [0.15, 0.2) is 0 Å². The van der Waals surface area contributed by atoms with Crippen LogP contribution in [0, 0.1) is 0 Å². The van der Waals surface area contributed by atoms with Crippen molar-refractivity contribution in [1.82, 2.24) is 4.98 Å². The molecular formula is C11H10N2O2. The predicted octanol–water partition coefficient (Wildman–Crippen LogP) is 0.968. The fourth-order valence-electron chi connectivity index (χ4n) is 1.46. The molecular weight excluding hydrogens is 192 g/mol. The first kappa shape index (κ1) is 9.45. The molecule has 0 unspecified atom stereocenters. The van der Waals surface area contributed by atoms with Gasteiger partial charge in [-0.3, -0.25) is 9.78 Å². The zero-order valence-corrected chi connectivity index (χ0v) is 7.97. The van der Waals surface area contributed by atoms with Gasteiger partial charge in [-0.1, -0.05) is 0 Å². The summed E-state index contributed by atoms with van der Waals surface area (Å²) in [5, 5.41) is 10.1. The molecule has 76 valence electrons. The number of aromatic hydroxyl groups is 1. The summed E-state index contributed by atoms with van der Waals surface area (Å²) in [6, 6.07) is 6.70. The highest BCUT2D eigenvalue weighted by molar-refractivity contribution is 5.82. The van der Waals surface area contributed by atoms with Crippen molar-refractivity contribution >= 4 is 16.8 Å². The van der Waals surface area contributed by atoms with Gasteiger partial charge in [-0.15, -0.1) is 0 Å². The normalized spacial score (nSPS) is 10.4. The van der Waals surface area contributed by atoms with Crippen LogP contribution < -0.4 is 5.73 Å². The first-order valence-electron chi connectivity index (χ1n) is 4.51. The standard InChI is InChI=1S/C11H10N2O2/c12-11(15)4-7-3-8-5-9(14)1-2-10(8)13-6-7/h1-3,5-6,14H,4H2,(H2,12,15). The molecule has 15 heavy (non-hydrogen) atoms. The highest BCUT2D eigenvalue weighted by Gasteiger charge is 2.01. The predicted molar refractivity (Wildman–Crippen MR) is 56.3 cm³/mol. The Morgan fingerprint density at radius 3 is 2.93 bits per heavy atom. The molecule has 1 heterocycles. The van der Waals surface area contributed by atoms with E-state index in [0.717, 1.165) is 16.5 Å². The number of benzene rings is 1. The number of phenolic OH excluding ortho intramolecular Hbond substituents is 1. The van der Waals surface area contributed by atoms with Crippen molar-refractivity contribution in [3.05, 3.63) is 36.0 Å². The van der Waals surface area contributed by atoms with Crippen molar-refractivity contribution in [2.24, 2.45) is 5.73 Å². The number of primary amides is 1. The first-order valence-corrected chi connectivity index (χ1v) is 4.51. The summed E-state index contributed by atoms with van der Waals surface area (Å²) in [5.74, 6) is -0.211. The lowest BCUT2D eigenvalue weighted by molar-refractivity contribution is -0.117. The molecule has 1 aromatic carbocycles. The zero-order valence-electron chi connectivity index (χ0n) is 7.97. The van der Waals surface area contributed by atoms with Gasteiger partial charge in [0, 0.05) is 11.6 Å². The summed E-state index contributed by atoms with van der Waals surface area (Å²) < 4.78 is 0. The Bertz CT molecular complexity index is 523. The number of pyridine rings is 1. The van der Waals surface area contributed by atoms with Gasteiger partial charge in [0.1, 0.15) is 5.75 Å². The topological polar surface area (TPSA) is 76.2 Å². The summed E-state index contributed by atoms with van der Waals surface area (Å²) in [7, 11) is 0. The highest BCUT2D eigenvalue weighted by Crippen LogP contribution is 2.19. The van der Waals surface area contributed by atoms with Gasteiger partial charge >= 0.3 is 0 Å². The van der Waals surface area contributed by atoms with Crippen molar-refractivity contribution in [3.63, 3.8) is 0 Å². The van der Waals surface area contributed by atoms with E-state index in [-0.39, 0.29) is 12.2 Å². The summed E-state index contributed by atoms with van der Waals surface area (Å²) in [4.78, 5) is 14.9. The number of hydrogen-bond donors (Lipinski definition) is 2. The van der Waals surface area contributed by atoms with Crippen LogP contribution in [0.1, 0.15) is 5.56 Å². The first-order chi connectivity index (χ1) is 7.15. The summed E-state index contributed by atoms with van der Waals surface area (Å²) in [6.45, 7) is 0. The Labute approximate surface area is 86.4 Å². The Balaban J connectivity index is 2.49. The Morgan fingerprint density at radius 1 is 1.40 bits per heavy atom. The molecule has 3 N–H and O–H groups in total. The molecule has 0 spiro atoms. The Kier molecular flexibility index (Phi) is 2.25. The quantitative estimate of drug-likeness (QED) is 0.761. The Hall–Kier alpha value is -2.10. The molecule has 0 radical (unpaired) electrons. The summed E-state index contributed by atoms with van der Waals surface area (Å²) in [6.07, 6.45) is 1.78. The molecule has 0 fully saturated rings. The van der Waals surface area contributed by atoms with E-state index >= 15 is 0 Å². The second-order valence-electron chi connectivity index (χ2n) is 3.36. The minimum Gasteiger partial charge on any atom is -0.508 e.